The Morgan fingerprint density at radius 1 is 0.880 bits per heavy atom. The molecule has 0 bridgehead atoms. The predicted octanol–water partition coefficient (Wildman–Crippen LogP) is 5.16. The van der Waals surface area contributed by atoms with Crippen molar-refractivity contribution in [1.82, 2.24) is 0 Å². The van der Waals surface area contributed by atoms with E-state index in [2.05, 4.69) is 42.5 Å². The van der Waals surface area contributed by atoms with Gasteiger partial charge in [0.05, 0.1) is 0 Å². The lowest BCUT2D eigenvalue weighted by molar-refractivity contribution is 0.0994. The number of carbonyl (C=O) groups excluding carboxylic acids is 1. The van der Waals surface area contributed by atoms with E-state index in [0.717, 1.165) is 20.7 Å². The molecule has 25 heavy (non-hydrogen) atoms. The van der Waals surface area contributed by atoms with Gasteiger partial charge in [0.15, 0.2) is 5.76 Å². The third-order valence-electron chi connectivity index (χ3n) is 3.28. The van der Waals surface area contributed by atoms with Crippen molar-refractivity contribution < 1.29 is 9.21 Å². The zero-order valence-electron chi connectivity index (χ0n) is 12.8. The molecule has 0 aliphatic heterocycles. The first kappa shape index (κ1) is 17.4. The Hall–Kier alpha value is -2.38. The molecule has 2 aromatic carbocycles. The second-order valence-corrected chi connectivity index (χ2v) is 6.95. The smallest absolute Gasteiger partial charge is 0.291 e. The van der Waals surface area contributed by atoms with Crippen LogP contribution in [0.4, 0.5) is 17.1 Å². The lowest BCUT2D eigenvalue weighted by Gasteiger charge is -2.07. The first-order chi connectivity index (χ1) is 12.0. The molecule has 0 fully saturated rings. The van der Waals surface area contributed by atoms with Gasteiger partial charge in [0.1, 0.15) is 12.0 Å². The number of hydrogen-bond acceptors (Lipinski definition) is 4. The van der Waals surface area contributed by atoms with E-state index in [1.165, 1.54) is 6.26 Å². The van der Waals surface area contributed by atoms with E-state index in [-0.39, 0.29) is 16.9 Å². The topological polar surface area (TPSA) is 71.3 Å². The van der Waals surface area contributed by atoms with E-state index >= 15 is 0 Å². The average molecular weight is 464 g/mol. The van der Waals surface area contributed by atoms with Gasteiger partial charge in [-0.3, -0.25) is 9.59 Å². The van der Waals surface area contributed by atoms with Gasteiger partial charge in [-0.2, -0.15) is 0 Å². The molecule has 7 heteroatoms. The predicted molar refractivity (Wildman–Crippen MR) is 104 cm³/mol. The molecule has 0 atom stereocenters. The molecule has 1 amide bonds. The van der Waals surface area contributed by atoms with Gasteiger partial charge in [-0.15, -0.1) is 0 Å². The Labute approximate surface area is 160 Å². The third-order valence-corrected chi connectivity index (χ3v) is 4.34. The van der Waals surface area contributed by atoms with Crippen LogP contribution in [0.25, 0.3) is 0 Å². The van der Waals surface area contributed by atoms with Gasteiger partial charge in [-0.25, -0.2) is 0 Å². The highest BCUT2D eigenvalue weighted by atomic mass is 79.9. The molecule has 0 saturated carbocycles. The number of anilines is 3. The largest absolute Gasteiger partial charge is 0.457 e. The van der Waals surface area contributed by atoms with Crippen LogP contribution >= 0.6 is 31.9 Å². The van der Waals surface area contributed by atoms with E-state index in [4.69, 9.17) is 4.42 Å². The molecule has 0 aliphatic carbocycles. The minimum atomic E-state index is -0.491. The summed E-state index contributed by atoms with van der Waals surface area (Å²) in [5, 5.41) is 5.63. The van der Waals surface area contributed by atoms with Gasteiger partial charge >= 0.3 is 0 Å². The quantitative estimate of drug-likeness (QED) is 0.560. The number of benzene rings is 2. The second-order valence-electron chi connectivity index (χ2n) is 5.12. The number of amides is 1. The molecule has 5 nitrogen and oxygen atoms in total. The molecule has 0 radical (unpaired) electrons. The van der Waals surface area contributed by atoms with E-state index in [0.29, 0.717) is 5.69 Å². The van der Waals surface area contributed by atoms with Gasteiger partial charge in [0.25, 0.3) is 5.91 Å². The molecule has 126 valence electrons. The minimum Gasteiger partial charge on any atom is -0.457 e. The summed E-state index contributed by atoms with van der Waals surface area (Å²) < 4.78 is 7.14. The Morgan fingerprint density at radius 2 is 1.44 bits per heavy atom. The maximum Gasteiger partial charge on any atom is 0.291 e. The highest BCUT2D eigenvalue weighted by Crippen LogP contribution is 2.18. The molecule has 1 heterocycles. The Balaban J connectivity index is 1.74. The van der Waals surface area contributed by atoms with Crippen molar-refractivity contribution in [3.63, 3.8) is 0 Å². The average Bonchev–Trinajstić information content (AvgIpc) is 2.60. The van der Waals surface area contributed by atoms with Crippen molar-refractivity contribution in [1.29, 1.82) is 0 Å². The highest BCUT2D eigenvalue weighted by Gasteiger charge is 2.12. The fourth-order valence-corrected chi connectivity index (χ4v) is 2.56. The molecule has 0 aliphatic rings. The summed E-state index contributed by atoms with van der Waals surface area (Å²) in [5.74, 6) is -0.552. The molecule has 0 unspecified atom stereocenters. The first-order valence-corrected chi connectivity index (χ1v) is 8.82. The summed E-state index contributed by atoms with van der Waals surface area (Å²) in [6.45, 7) is 0. The molecule has 2 N–H and O–H groups in total. The third kappa shape index (κ3) is 4.58. The Kier molecular flexibility index (Phi) is 5.35. The van der Waals surface area contributed by atoms with E-state index in [9.17, 15) is 9.59 Å². The SMILES string of the molecule is O=C(Nc1ccc(Br)cc1)c1cc(=O)c(Nc2ccc(Br)cc2)co1. The van der Waals surface area contributed by atoms with Crippen molar-refractivity contribution in [3.05, 3.63) is 85.8 Å². The number of rotatable bonds is 4. The van der Waals surface area contributed by atoms with Crippen molar-refractivity contribution >= 4 is 54.8 Å². The number of carbonyl (C=O) groups is 1. The zero-order chi connectivity index (χ0) is 17.8. The second kappa shape index (κ2) is 7.67. The summed E-state index contributed by atoms with van der Waals surface area (Å²) in [4.78, 5) is 24.4. The monoisotopic (exact) mass is 462 g/mol. The summed E-state index contributed by atoms with van der Waals surface area (Å²) in [6.07, 6.45) is 1.24. The van der Waals surface area contributed by atoms with Crippen LogP contribution < -0.4 is 16.1 Å². The molecule has 3 aromatic rings. The molecule has 0 spiro atoms. The normalized spacial score (nSPS) is 10.3. The summed E-state index contributed by atoms with van der Waals surface area (Å²) in [7, 11) is 0. The fourth-order valence-electron chi connectivity index (χ4n) is 2.04. The lowest BCUT2D eigenvalue weighted by Crippen LogP contribution is -2.16. The van der Waals surface area contributed by atoms with Crippen molar-refractivity contribution in [3.8, 4) is 0 Å². The van der Waals surface area contributed by atoms with Crippen LogP contribution in [-0.4, -0.2) is 5.91 Å². The van der Waals surface area contributed by atoms with Crippen LogP contribution in [-0.2, 0) is 0 Å². The van der Waals surface area contributed by atoms with Gasteiger partial charge in [0.2, 0.25) is 5.43 Å². The number of nitrogens with one attached hydrogen (secondary N) is 2. The molecule has 0 saturated heterocycles. The first-order valence-electron chi connectivity index (χ1n) is 7.23. The van der Waals surface area contributed by atoms with E-state index in [1.807, 2.05) is 24.3 Å². The van der Waals surface area contributed by atoms with Gasteiger partial charge in [-0.05, 0) is 48.5 Å². The van der Waals surface area contributed by atoms with Crippen LogP contribution in [0.2, 0.25) is 0 Å². The summed E-state index contributed by atoms with van der Waals surface area (Å²) >= 11 is 6.67. The standard InChI is InChI=1S/C18H12Br2N2O3/c19-11-1-5-13(6-2-11)21-15-10-25-17(9-16(15)23)18(24)22-14-7-3-12(20)4-8-14/h1-10,21H,(H,22,24). The number of halogens is 2. The van der Waals surface area contributed by atoms with Crippen molar-refractivity contribution in [2.75, 3.05) is 10.6 Å². The maximum absolute atomic E-state index is 12.2. The minimum absolute atomic E-state index is 0.0609. The van der Waals surface area contributed by atoms with Crippen LogP contribution in [0.15, 0.2) is 79.0 Å². The van der Waals surface area contributed by atoms with Gasteiger partial charge in [-0.1, -0.05) is 31.9 Å². The molecular weight excluding hydrogens is 452 g/mol. The Bertz CT molecular complexity index is 951. The van der Waals surface area contributed by atoms with Gasteiger partial charge < -0.3 is 15.1 Å². The van der Waals surface area contributed by atoms with Crippen molar-refractivity contribution in [2.24, 2.45) is 0 Å². The van der Waals surface area contributed by atoms with Crippen LogP contribution in [0, 0.1) is 0 Å². The van der Waals surface area contributed by atoms with Gasteiger partial charge in [0, 0.05) is 26.4 Å². The molecule has 1 aromatic heterocycles. The summed E-state index contributed by atoms with van der Waals surface area (Å²) in [5.41, 5.74) is 1.26. The molecule has 3 rings (SSSR count). The number of hydrogen-bond donors (Lipinski definition) is 2. The fraction of sp³-hybridized carbons (Fsp3) is 0. The van der Waals surface area contributed by atoms with Crippen LogP contribution in [0.3, 0.4) is 0 Å². The molecular formula is C18H12Br2N2O3. The lowest BCUT2D eigenvalue weighted by atomic mass is 10.3. The van der Waals surface area contributed by atoms with Crippen molar-refractivity contribution in [2.45, 2.75) is 0 Å². The highest BCUT2D eigenvalue weighted by molar-refractivity contribution is 9.10. The zero-order valence-corrected chi connectivity index (χ0v) is 15.9. The van der Waals surface area contributed by atoms with E-state index < -0.39 is 5.91 Å². The summed E-state index contributed by atoms with van der Waals surface area (Å²) in [6, 6.07) is 15.6. The van der Waals surface area contributed by atoms with Crippen LogP contribution in [0.5, 0.6) is 0 Å². The Morgan fingerprint density at radius 3 is 2.00 bits per heavy atom. The van der Waals surface area contributed by atoms with Crippen LogP contribution in [0.1, 0.15) is 10.6 Å². The van der Waals surface area contributed by atoms with E-state index in [1.54, 1.807) is 24.3 Å². The maximum atomic E-state index is 12.2.